The molecule has 0 radical (unpaired) electrons. The number of nitrogens with zero attached hydrogens (tertiary/aromatic N) is 1. The summed E-state index contributed by atoms with van der Waals surface area (Å²) in [7, 11) is 0. The van der Waals surface area contributed by atoms with Crippen LogP contribution in [0.2, 0.25) is 5.15 Å². The van der Waals surface area contributed by atoms with E-state index in [1.165, 1.54) is 0 Å². The summed E-state index contributed by atoms with van der Waals surface area (Å²) in [5.74, 6) is -0.161. The molecule has 1 aromatic rings. The number of hydrogen-bond acceptors (Lipinski definition) is 3. The van der Waals surface area contributed by atoms with Gasteiger partial charge in [0.1, 0.15) is 5.15 Å². The molecule has 1 atom stereocenters. The molecule has 1 heterocycles. The minimum atomic E-state index is -0.161. The van der Waals surface area contributed by atoms with Gasteiger partial charge in [0, 0.05) is 18.0 Å². The summed E-state index contributed by atoms with van der Waals surface area (Å²) in [6.07, 6.45) is 4.57. The monoisotopic (exact) mass is 258 g/mol. The molecule has 1 rings (SSSR count). The van der Waals surface area contributed by atoms with Crippen molar-refractivity contribution < 1.29 is 4.79 Å². The van der Waals surface area contributed by atoms with Gasteiger partial charge >= 0.3 is 0 Å². The van der Waals surface area contributed by atoms with Crippen LogP contribution >= 0.6 is 23.4 Å². The number of carbonyl (C=O) groups is 1. The van der Waals surface area contributed by atoms with Crippen molar-refractivity contribution in [3.05, 3.63) is 29.0 Å². The van der Waals surface area contributed by atoms with Crippen LogP contribution in [0.1, 0.15) is 23.7 Å². The molecule has 0 spiro atoms. The average Bonchev–Trinajstić information content (AvgIpc) is 2.29. The predicted octanol–water partition coefficient (Wildman–Crippen LogP) is 2.61. The second-order valence-corrected chi connectivity index (χ2v) is 5.07. The van der Waals surface area contributed by atoms with Crippen molar-refractivity contribution in [3.63, 3.8) is 0 Å². The normalized spacial score (nSPS) is 12.2. The fourth-order valence-corrected chi connectivity index (χ4v) is 1.72. The zero-order valence-corrected chi connectivity index (χ0v) is 10.9. The fourth-order valence-electron chi connectivity index (χ4n) is 1.16. The maximum Gasteiger partial charge on any atom is 0.254 e. The van der Waals surface area contributed by atoms with Crippen molar-refractivity contribution in [3.8, 4) is 0 Å². The molecule has 0 fully saturated rings. The maximum atomic E-state index is 11.7. The molecule has 0 bridgehead atoms. The minimum Gasteiger partial charge on any atom is -0.352 e. The van der Waals surface area contributed by atoms with E-state index in [2.05, 4.69) is 23.5 Å². The van der Waals surface area contributed by atoms with E-state index >= 15 is 0 Å². The fraction of sp³-hybridized carbons (Fsp3) is 0.455. The average molecular weight is 259 g/mol. The van der Waals surface area contributed by atoms with Gasteiger partial charge in [-0.15, -0.1) is 0 Å². The second kappa shape index (κ2) is 6.76. The number of hydrogen-bond donors (Lipinski definition) is 1. The van der Waals surface area contributed by atoms with Crippen LogP contribution in [-0.2, 0) is 0 Å². The molecule has 1 aromatic heterocycles. The van der Waals surface area contributed by atoms with Gasteiger partial charge in [-0.1, -0.05) is 18.5 Å². The van der Waals surface area contributed by atoms with Crippen LogP contribution in [0, 0.1) is 0 Å². The van der Waals surface area contributed by atoms with E-state index in [1.54, 1.807) is 30.1 Å². The third-order valence-electron chi connectivity index (χ3n) is 2.24. The van der Waals surface area contributed by atoms with Crippen molar-refractivity contribution >= 4 is 29.3 Å². The Balaban J connectivity index is 2.44. The van der Waals surface area contributed by atoms with E-state index in [4.69, 9.17) is 11.6 Å². The Morgan fingerprint density at radius 1 is 1.69 bits per heavy atom. The predicted molar refractivity (Wildman–Crippen MR) is 69.2 cm³/mol. The second-order valence-electron chi connectivity index (χ2n) is 3.43. The Morgan fingerprint density at radius 3 is 3.06 bits per heavy atom. The Labute approximate surface area is 105 Å². The molecule has 1 amide bonds. The van der Waals surface area contributed by atoms with Crippen LogP contribution in [0.15, 0.2) is 18.3 Å². The minimum absolute atomic E-state index is 0.161. The van der Waals surface area contributed by atoms with Crippen LogP contribution in [0.5, 0.6) is 0 Å². The zero-order valence-electron chi connectivity index (χ0n) is 9.37. The van der Waals surface area contributed by atoms with E-state index < -0.39 is 0 Å². The molecule has 0 aromatic carbocycles. The third-order valence-corrected chi connectivity index (χ3v) is 3.58. The molecule has 1 unspecified atom stereocenters. The molecular formula is C11H15ClN2OS. The third kappa shape index (κ3) is 4.02. The first-order valence-corrected chi connectivity index (χ1v) is 6.73. The van der Waals surface area contributed by atoms with Crippen molar-refractivity contribution in [1.82, 2.24) is 10.3 Å². The van der Waals surface area contributed by atoms with Gasteiger partial charge in [0.25, 0.3) is 5.91 Å². The molecule has 0 saturated carbocycles. The highest BCUT2D eigenvalue weighted by Gasteiger charge is 2.10. The molecule has 0 aliphatic rings. The van der Waals surface area contributed by atoms with Gasteiger partial charge < -0.3 is 5.32 Å². The number of aromatic nitrogens is 1. The Hall–Kier alpha value is -0.740. The van der Waals surface area contributed by atoms with Gasteiger partial charge in [-0.05, 0) is 24.8 Å². The summed E-state index contributed by atoms with van der Waals surface area (Å²) in [5.41, 5.74) is 0.431. The van der Waals surface area contributed by atoms with Gasteiger partial charge in [-0.25, -0.2) is 4.98 Å². The zero-order chi connectivity index (χ0) is 12.0. The Bertz CT molecular complexity index is 360. The highest BCUT2D eigenvalue weighted by Crippen LogP contribution is 2.12. The first-order valence-electron chi connectivity index (χ1n) is 5.06. The summed E-state index contributed by atoms with van der Waals surface area (Å²) < 4.78 is 0. The first kappa shape index (κ1) is 13.3. The number of pyridine rings is 1. The Morgan fingerprint density at radius 2 is 2.44 bits per heavy atom. The first-order chi connectivity index (χ1) is 7.65. The lowest BCUT2D eigenvalue weighted by atomic mass is 10.2. The lowest BCUT2D eigenvalue weighted by Crippen LogP contribution is -2.26. The van der Waals surface area contributed by atoms with Gasteiger partial charge in [-0.3, -0.25) is 4.79 Å². The van der Waals surface area contributed by atoms with Crippen LogP contribution in [-0.4, -0.2) is 28.9 Å². The summed E-state index contributed by atoms with van der Waals surface area (Å²) in [4.78, 5) is 15.6. The van der Waals surface area contributed by atoms with Crippen molar-refractivity contribution in [2.75, 3.05) is 12.8 Å². The quantitative estimate of drug-likeness (QED) is 0.826. The van der Waals surface area contributed by atoms with E-state index in [9.17, 15) is 4.79 Å². The highest BCUT2D eigenvalue weighted by atomic mass is 35.5. The maximum absolute atomic E-state index is 11.7. The lowest BCUT2D eigenvalue weighted by Gasteiger charge is -2.09. The van der Waals surface area contributed by atoms with E-state index in [0.29, 0.717) is 17.4 Å². The van der Waals surface area contributed by atoms with Crippen molar-refractivity contribution in [2.24, 2.45) is 0 Å². The molecular weight excluding hydrogens is 244 g/mol. The van der Waals surface area contributed by atoms with Gasteiger partial charge in [0.2, 0.25) is 0 Å². The smallest absolute Gasteiger partial charge is 0.254 e. The summed E-state index contributed by atoms with van der Waals surface area (Å²) in [6.45, 7) is 2.79. The molecule has 16 heavy (non-hydrogen) atoms. The molecule has 88 valence electrons. The van der Waals surface area contributed by atoms with E-state index in [1.807, 2.05) is 0 Å². The molecule has 1 N–H and O–H groups in total. The molecule has 3 nitrogen and oxygen atoms in total. The van der Waals surface area contributed by atoms with Crippen LogP contribution < -0.4 is 5.32 Å². The number of halogens is 1. The number of nitrogens with one attached hydrogen (secondary N) is 1. The molecule has 0 aliphatic heterocycles. The van der Waals surface area contributed by atoms with E-state index in [-0.39, 0.29) is 11.1 Å². The Kier molecular flexibility index (Phi) is 5.63. The van der Waals surface area contributed by atoms with Gasteiger partial charge in [0.05, 0.1) is 5.56 Å². The van der Waals surface area contributed by atoms with Crippen LogP contribution in [0.25, 0.3) is 0 Å². The number of thioether (sulfide) groups is 1. The number of rotatable bonds is 5. The molecule has 0 aliphatic carbocycles. The summed E-state index contributed by atoms with van der Waals surface area (Å²) in [5, 5.41) is 3.62. The topological polar surface area (TPSA) is 42.0 Å². The molecule has 5 heteroatoms. The van der Waals surface area contributed by atoms with Crippen LogP contribution in [0.4, 0.5) is 0 Å². The molecule has 0 saturated heterocycles. The SMILES string of the molecule is CSC(C)CCNC(=O)c1cccnc1Cl. The lowest BCUT2D eigenvalue weighted by molar-refractivity contribution is 0.0953. The van der Waals surface area contributed by atoms with Crippen molar-refractivity contribution in [2.45, 2.75) is 18.6 Å². The van der Waals surface area contributed by atoms with Gasteiger partial charge in [-0.2, -0.15) is 11.8 Å². The van der Waals surface area contributed by atoms with Crippen LogP contribution in [0.3, 0.4) is 0 Å². The largest absolute Gasteiger partial charge is 0.352 e. The summed E-state index contributed by atoms with van der Waals surface area (Å²) >= 11 is 7.60. The van der Waals surface area contributed by atoms with E-state index in [0.717, 1.165) is 6.42 Å². The number of carbonyl (C=O) groups excluding carboxylic acids is 1. The number of amides is 1. The highest BCUT2D eigenvalue weighted by molar-refractivity contribution is 7.99. The van der Waals surface area contributed by atoms with Crippen molar-refractivity contribution in [1.29, 1.82) is 0 Å². The van der Waals surface area contributed by atoms with Gasteiger partial charge in [0.15, 0.2) is 0 Å². The summed E-state index contributed by atoms with van der Waals surface area (Å²) in [6, 6.07) is 3.37. The standard InChI is InChI=1S/C11H15ClN2OS/c1-8(16-2)5-7-14-11(15)9-4-3-6-13-10(9)12/h3-4,6,8H,5,7H2,1-2H3,(H,14,15).